The minimum atomic E-state index is 0.761. The molecule has 5 heteroatoms. The summed E-state index contributed by atoms with van der Waals surface area (Å²) in [5, 5.41) is 16.9. The molecule has 0 atom stereocenters. The second-order valence-corrected chi connectivity index (χ2v) is 5.19. The summed E-state index contributed by atoms with van der Waals surface area (Å²) in [5.74, 6) is 0. The molecule has 0 fully saturated rings. The van der Waals surface area contributed by atoms with E-state index in [2.05, 4.69) is 51.7 Å². The zero-order valence-electron chi connectivity index (χ0n) is 12.2. The van der Waals surface area contributed by atoms with E-state index in [0.29, 0.717) is 0 Å². The average Bonchev–Trinajstić information content (AvgIpc) is 3.21. The Hall–Kier alpha value is -2.95. The fourth-order valence-electron chi connectivity index (χ4n) is 2.54. The number of aryl methyl sites for hydroxylation is 1. The third kappa shape index (κ3) is 2.07. The number of nitrogens with one attached hydrogen (secondary N) is 1. The van der Waals surface area contributed by atoms with Gasteiger partial charge in [-0.15, -0.1) is 5.10 Å². The predicted octanol–water partition coefficient (Wildman–Crippen LogP) is 3.37. The zero-order chi connectivity index (χ0) is 14.9. The largest absolute Gasteiger partial charge is 0.277 e. The molecule has 0 saturated carbocycles. The van der Waals surface area contributed by atoms with Crippen LogP contribution >= 0.6 is 0 Å². The first kappa shape index (κ1) is 12.8. The predicted molar refractivity (Wildman–Crippen MR) is 85.8 cm³/mol. The second-order valence-electron chi connectivity index (χ2n) is 5.19. The van der Waals surface area contributed by atoms with Crippen LogP contribution in [0.2, 0.25) is 0 Å². The molecule has 0 amide bonds. The average molecular weight is 289 g/mol. The first-order valence-electron chi connectivity index (χ1n) is 7.30. The number of rotatable bonds is 3. The van der Waals surface area contributed by atoms with Crippen molar-refractivity contribution < 1.29 is 0 Å². The molecule has 0 saturated heterocycles. The van der Waals surface area contributed by atoms with Gasteiger partial charge in [-0.25, -0.2) is 4.68 Å². The van der Waals surface area contributed by atoms with Crippen LogP contribution < -0.4 is 0 Å². The molecule has 1 N–H and O–H groups in total. The summed E-state index contributed by atoms with van der Waals surface area (Å²) in [7, 11) is 0. The fourth-order valence-corrected chi connectivity index (χ4v) is 2.54. The van der Waals surface area contributed by atoms with Crippen LogP contribution in [0.15, 0.2) is 54.7 Å². The maximum atomic E-state index is 4.36. The van der Waals surface area contributed by atoms with Crippen LogP contribution in [0.5, 0.6) is 0 Å². The van der Waals surface area contributed by atoms with Gasteiger partial charge in [0.05, 0.1) is 17.4 Å². The van der Waals surface area contributed by atoms with Crippen molar-refractivity contribution in [2.24, 2.45) is 0 Å². The van der Waals surface area contributed by atoms with Crippen LogP contribution in [0, 0.1) is 0 Å². The monoisotopic (exact) mass is 289 g/mol. The van der Waals surface area contributed by atoms with Crippen LogP contribution in [-0.4, -0.2) is 25.2 Å². The van der Waals surface area contributed by atoms with Gasteiger partial charge < -0.3 is 0 Å². The Morgan fingerprint density at radius 2 is 1.86 bits per heavy atom. The van der Waals surface area contributed by atoms with Crippen molar-refractivity contribution in [1.29, 1.82) is 0 Å². The topological polar surface area (TPSA) is 59.4 Å². The second kappa shape index (κ2) is 5.11. The molecule has 2 heterocycles. The van der Waals surface area contributed by atoms with Crippen LogP contribution in [-0.2, 0) is 6.42 Å². The van der Waals surface area contributed by atoms with Gasteiger partial charge in [-0.2, -0.15) is 5.10 Å². The van der Waals surface area contributed by atoms with Gasteiger partial charge in [0, 0.05) is 5.39 Å². The number of H-pyrrole nitrogens is 1. The highest BCUT2D eigenvalue weighted by Crippen LogP contribution is 2.24. The summed E-state index contributed by atoms with van der Waals surface area (Å²) in [6.07, 6.45) is 2.94. The molecule has 2 aromatic carbocycles. The van der Waals surface area contributed by atoms with Crippen LogP contribution in [0.25, 0.3) is 28.0 Å². The molecule has 0 spiro atoms. The Balaban J connectivity index is 1.74. The summed E-state index contributed by atoms with van der Waals surface area (Å²) < 4.78 is 1.78. The van der Waals surface area contributed by atoms with Gasteiger partial charge in [0.15, 0.2) is 0 Å². The minimum Gasteiger partial charge on any atom is -0.277 e. The molecule has 108 valence electrons. The van der Waals surface area contributed by atoms with E-state index in [9.17, 15) is 0 Å². The summed E-state index contributed by atoms with van der Waals surface area (Å²) in [5.41, 5.74) is 4.89. The van der Waals surface area contributed by atoms with Gasteiger partial charge in [-0.05, 0) is 30.2 Å². The molecule has 5 nitrogen and oxygen atoms in total. The van der Waals surface area contributed by atoms with Gasteiger partial charge in [0.2, 0.25) is 0 Å². The van der Waals surface area contributed by atoms with E-state index in [1.807, 2.05) is 30.5 Å². The van der Waals surface area contributed by atoms with E-state index in [-0.39, 0.29) is 0 Å². The van der Waals surface area contributed by atoms with Gasteiger partial charge in [0.25, 0.3) is 0 Å². The Kier molecular flexibility index (Phi) is 2.96. The maximum Gasteiger partial charge on any atom is 0.134 e. The molecular weight excluding hydrogens is 274 g/mol. The van der Waals surface area contributed by atoms with Crippen molar-refractivity contribution in [1.82, 2.24) is 25.2 Å². The normalized spacial score (nSPS) is 11.1. The Bertz CT molecular complexity index is 918. The van der Waals surface area contributed by atoms with E-state index in [1.54, 1.807) is 4.68 Å². The molecule has 4 aromatic rings. The summed E-state index contributed by atoms with van der Waals surface area (Å²) in [6.45, 7) is 2.14. The highest BCUT2D eigenvalue weighted by atomic mass is 15.4. The molecule has 0 aliphatic heterocycles. The third-order valence-electron chi connectivity index (χ3n) is 3.82. The molecule has 0 bridgehead atoms. The summed E-state index contributed by atoms with van der Waals surface area (Å²) in [4.78, 5) is 0. The molecule has 0 radical (unpaired) electrons. The number of nitrogens with zero attached hydrogens (tertiary/aromatic N) is 4. The van der Waals surface area contributed by atoms with Crippen molar-refractivity contribution in [3.8, 4) is 17.1 Å². The van der Waals surface area contributed by atoms with Crippen LogP contribution in [0.4, 0.5) is 0 Å². The molecule has 2 aromatic heterocycles. The highest BCUT2D eigenvalue weighted by Gasteiger charge is 2.12. The Morgan fingerprint density at radius 1 is 1.05 bits per heavy atom. The van der Waals surface area contributed by atoms with Crippen molar-refractivity contribution in [3.63, 3.8) is 0 Å². The number of fused-ring (bicyclic) bond motifs is 1. The quantitative estimate of drug-likeness (QED) is 0.629. The number of benzene rings is 2. The molecule has 4 rings (SSSR count). The van der Waals surface area contributed by atoms with Crippen LogP contribution in [0.3, 0.4) is 0 Å². The van der Waals surface area contributed by atoms with Crippen molar-refractivity contribution in [2.45, 2.75) is 13.3 Å². The molecule has 0 aliphatic carbocycles. The van der Waals surface area contributed by atoms with E-state index < -0.39 is 0 Å². The lowest BCUT2D eigenvalue weighted by Crippen LogP contribution is -1.94. The smallest absolute Gasteiger partial charge is 0.134 e. The maximum absolute atomic E-state index is 4.36. The molecule has 22 heavy (non-hydrogen) atoms. The van der Waals surface area contributed by atoms with Gasteiger partial charge in [-0.1, -0.05) is 42.5 Å². The van der Waals surface area contributed by atoms with Crippen molar-refractivity contribution >= 4 is 10.9 Å². The van der Waals surface area contributed by atoms with Gasteiger partial charge in [-0.3, -0.25) is 5.10 Å². The highest BCUT2D eigenvalue weighted by molar-refractivity contribution is 5.91. The molecular formula is C17H15N5. The number of aromatic nitrogens is 5. The Labute approximate surface area is 127 Å². The van der Waals surface area contributed by atoms with Crippen molar-refractivity contribution in [3.05, 3.63) is 60.3 Å². The fraction of sp³-hybridized carbons (Fsp3) is 0.118. The van der Waals surface area contributed by atoms with Gasteiger partial charge >= 0.3 is 0 Å². The van der Waals surface area contributed by atoms with E-state index >= 15 is 0 Å². The summed E-state index contributed by atoms with van der Waals surface area (Å²) in [6, 6.07) is 16.3. The zero-order valence-corrected chi connectivity index (χ0v) is 12.2. The third-order valence-corrected chi connectivity index (χ3v) is 3.82. The van der Waals surface area contributed by atoms with E-state index in [0.717, 1.165) is 34.4 Å². The van der Waals surface area contributed by atoms with E-state index in [4.69, 9.17) is 0 Å². The minimum absolute atomic E-state index is 0.761. The SMILES string of the molecule is CCc1ccc(-n2cc(-c3n[nH]c4ccccc34)nn2)cc1. The lowest BCUT2D eigenvalue weighted by Gasteiger charge is -2.01. The molecule has 0 aliphatic rings. The standard InChI is InChI=1S/C17H15N5/c1-2-12-7-9-13(10-8-12)22-11-16(19-21-22)17-14-5-3-4-6-15(14)18-20-17/h3-11H,2H2,1H3,(H,18,20). The number of hydrogen-bond acceptors (Lipinski definition) is 3. The number of hydrogen-bond donors (Lipinski definition) is 1. The first-order chi connectivity index (χ1) is 10.8. The van der Waals surface area contributed by atoms with Gasteiger partial charge in [0.1, 0.15) is 11.4 Å². The van der Waals surface area contributed by atoms with Crippen LogP contribution in [0.1, 0.15) is 12.5 Å². The molecule has 0 unspecified atom stereocenters. The number of aromatic amines is 1. The Morgan fingerprint density at radius 3 is 2.68 bits per heavy atom. The van der Waals surface area contributed by atoms with Crippen molar-refractivity contribution in [2.75, 3.05) is 0 Å². The summed E-state index contributed by atoms with van der Waals surface area (Å²) >= 11 is 0. The number of para-hydroxylation sites is 1. The lowest BCUT2D eigenvalue weighted by molar-refractivity contribution is 0.803. The lowest BCUT2D eigenvalue weighted by atomic mass is 10.1. The van der Waals surface area contributed by atoms with E-state index in [1.165, 1.54) is 5.56 Å². The first-order valence-corrected chi connectivity index (χ1v) is 7.30.